The fourth-order valence-electron chi connectivity index (χ4n) is 6.93. The van der Waals surface area contributed by atoms with Gasteiger partial charge >= 0.3 is 17.9 Å². The highest BCUT2D eigenvalue weighted by atomic mass is 16.6. The molecule has 0 saturated carbocycles. The molecule has 374 valence electrons. The summed E-state index contributed by atoms with van der Waals surface area (Å²) < 4.78 is 17.3. The molecule has 0 aliphatic carbocycles. The summed E-state index contributed by atoms with van der Waals surface area (Å²) in [6.07, 6.45) is 65.7. The number of nitrogens with zero attached hydrogens (tertiary/aromatic N) is 1. The Hall–Kier alpha value is -4.01. The molecule has 0 fully saturated rings. The second-order valence-corrected chi connectivity index (χ2v) is 18.0. The Morgan fingerprint density at radius 2 is 0.864 bits per heavy atom. The molecule has 0 aliphatic heterocycles. The number of carboxylic acid groups (broad SMARTS) is 1. The topological polar surface area (TPSA) is 99.1 Å². The van der Waals surface area contributed by atoms with Crippen LogP contribution in [0, 0.1) is 0 Å². The Labute approximate surface area is 404 Å². The van der Waals surface area contributed by atoms with Gasteiger partial charge in [-0.3, -0.25) is 9.59 Å². The molecule has 0 saturated heterocycles. The number of quaternary nitrogens is 1. The van der Waals surface area contributed by atoms with Gasteiger partial charge in [0, 0.05) is 19.3 Å². The van der Waals surface area contributed by atoms with Crippen LogP contribution in [0.2, 0.25) is 0 Å². The van der Waals surface area contributed by atoms with Crippen LogP contribution < -0.4 is 0 Å². The van der Waals surface area contributed by atoms with Crippen molar-refractivity contribution in [1.82, 2.24) is 0 Å². The van der Waals surface area contributed by atoms with Crippen molar-refractivity contribution in [2.24, 2.45) is 0 Å². The summed E-state index contributed by atoms with van der Waals surface area (Å²) in [5.74, 6) is -1.56. The zero-order valence-electron chi connectivity index (χ0n) is 42.6. The lowest BCUT2D eigenvalue weighted by atomic mass is 10.1. The summed E-state index contributed by atoms with van der Waals surface area (Å²) in [5.41, 5.74) is 0. The highest BCUT2D eigenvalue weighted by Gasteiger charge is 2.31. The Balaban J connectivity index is 4.37. The van der Waals surface area contributed by atoms with E-state index in [4.69, 9.17) is 14.2 Å². The van der Waals surface area contributed by atoms with Crippen LogP contribution in [0.5, 0.6) is 0 Å². The first-order valence-electron chi connectivity index (χ1n) is 25.9. The minimum absolute atomic E-state index is 0.0338. The number of rotatable bonds is 45. The number of carbonyl (C=O) groups excluding carboxylic acids is 2. The van der Waals surface area contributed by atoms with E-state index in [1.54, 1.807) is 0 Å². The smallest absolute Gasteiger partial charge is 0.362 e. The van der Waals surface area contributed by atoms with E-state index < -0.39 is 18.1 Å². The normalized spacial score (nSPS) is 13.8. The fraction of sp³-hybridized carbons (Fsp3) is 0.638. The third-order valence-electron chi connectivity index (χ3n) is 10.9. The van der Waals surface area contributed by atoms with E-state index in [0.29, 0.717) is 19.3 Å². The Morgan fingerprint density at radius 1 is 0.470 bits per heavy atom. The largest absolute Gasteiger partial charge is 0.477 e. The van der Waals surface area contributed by atoms with E-state index in [1.807, 2.05) is 21.1 Å². The molecule has 0 spiro atoms. The third kappa shape index (κ3) is 45.2. The van der Waals surface area contributed by atoms with Gasteiger partial charge in [-0.05, 0) is 96.3 Å². The number of allylic oxidation sites excluding steroid dienone is 18. The van der Waals surface area contributed by atoms with Gasteiger partial charge in [0.1, 0.15) is 6.61 Å². The average Bonchev–Trinajstić information content (AvgIpc) is 3.28. The van der Waals surface area contributed by atoms with Gasteiger partial charge in [0.25, 0.3) is 0 Å². The van der Waals surface area contributed by atoms with Crippen LogP contribution in [0.25, 0.3) is 0 Å². The highest BCUT2D eigenvalue weighted by molar-refractivity contribution is 5.72. The second-order valence-electron chi connectivity index (χ2n) is 18.0. The monoisotopic (exact) mass is 919 g/mol. The van der Waals surface area contributed by atoms with Gasteiger partial charge in [-0.2, -0.15) is 0 Å². The van der Waals surface area contributed by atoms with E-state index in [2.05, 4.69) is 123 Å². The molecule has 2 unspecified atom stereocenters. The summed E-state index contributed by atoms with van der Waals surface area (Å²) in [5, 5.41) is 9.66. The maximum absolute atomic E-state index is 12.8. The fourth-order valence-corrected chi connectivity index (χ4v) is 6.93. The lowest BCUT2D eigenvalue weighted by Crippen LogP contribution is -2.50. The van der Waals surface area contributed by atoms with Crippen LogP contribution in [0.1, 0.15) is 187 Å². The van der Waals surface area contributed by atoms with Crippen molar-refractivity contribution in [1.29, 1.82) is 0 Å². The van der Waals surface area contributed by atoms with Gasteiger partial charge in [0.05, 0.1) is 34.4 Å². The minimum Gasteiger partial charge on any atom is -0.477 e. The minimum atomic E-state index is -0.887. The molecule has 0 amide bonds. The molecule has 0 bridgehead atoms. The van der Waals surface area contributed by atoms with Crippen LogP contribution >= 0.6 is 0 Å². The molecule has 8 heteroatoms. The molecule has 1 N–H and O–H groups in total. The number of carbonyl (C=O) groups is 3. The van der Waals surface area contributed by atoms with Crippen molar-refractivity contribution in [3.05, 3.63) is 109 Å². The highest BCUT2D eigenvalue weighted by Crippen LogP contribution is 2.14. The van der Waals surface area contributed by atoms with Crippen LogP contribution in [0.15, 0.2) is 109 Å². The van der Waals surface area contributed by atoms with E-state index in [-0.39, 0.29) is 42.7 Å². The van der Waals surface area contributed by atoms with Crippen molar-refractivity contribution >= 4 is 17.9 Å². The molecule has 0 heterocycles. The van der Waals surface area contributed by atoms with Gasteiger partial charge in [-0.15, -0.1) is 0 Å². The SMILES string of the molecule is CC/C=C/C/C=C/C/C=C/C/C=C/C/C=C/C/C=C/CCCC(=O)OCC(COCCC(C(=O)O)[N+](C)(C)C)OC(=O)CCCCCCCCCCC/C=C/C/C=C/C/C=C/CCCCC. The number of likely N-dealkylation sites (N-methyl/N-ethyl adjacent to an activating group) is 1. The quantitative estimate of drug-likeness (QED) is 0.0281. The molecular weight excluding hydrogens is 823 g/mol. The second kappa shape index (κ2) is 47.5. The Kier molecular flexibility index (Phi) is 44.6. The number of hydrogen-bond donors (Lipinski definition) is 1. The molecule has 0 aromatic carbocycles. The van der Waals surface area contributed by atoms with E-state index in [9.17, 15) is 19.5 Å². The predicted octanol–water partition coefficient (Wildman–Crippen LogP) is 15.2. The van der Waals surface area contributed by atoms with Crippen molar-refractivity contribution in [2.75, 3.05) is 41.0 Å². The number of hydrogen-bond acceptors (Lipinski definition) is 6. The molecule has 0 rings (SSSR count). The summed E-state index contributed by atoms with van der Waals surface area (Å²) in [4.78, 5) is 37.2. The number of esters is 2. The summed E-state index contributed by atoms with van der Waals surface area (Å²) in [6.45, 7) is 4.52. The molecule has 66 heavy (non-hydrogen) atoms. The lowest BCUT2D eigenvalue weighted by molar-refractivity contribution is -0.887. The maximum atomic E-state index is 12.8. The Morgan fingerprint density at radius 3 is 1.30 bits per heavy atom. The molecule has 0 aliphatic rings. The molecular formula is C58H96NO7+. The zero-order valence-corrected chi connectivity index (χ0v) is 42.6. The third-order valence-corrected chi connectivity index (χ3v) is 10.9. The van der Waals surface area contributed by atoms with Gasteiger partial charge in [0.2, 0.25) is 0 Å². The van der Waals surface area contributed by atoms with Crippen LogP contribution in [-0.2, 0) is 28.6 Å². The van der Waals surface area contributed by atoms with Gasteiger partial charge in [-0.1, -0.05) is 181 Å². The molecule has 0 aromatic heterocycles. The van der Waals surface area contributed by atoms with Crippen LogP contribution in [0.4, 0.5) is 0 Å². The van der Waals surface area contributed by atoms with Crippen molar-refractivity contribution in [2.45, 2.75) is 199 Å². The number of carboxylic acids is 1. The number of aliphatic carboxylic acids is 1. The van der Waals surface area contributed by atoms with E-state index in [1.165, 1.54) is 64.2 Å². The van der Waals surface area contributed by atoms with E-state index in [0.717, 1.165) is 83.5 Å². The first-order chi connectivity index (χ1) is 32.1. The number of unbranched alkanes of at least 4 members (excludes halogenated alkanes) is 13. The lowest BCUT2D eigenvalue weighted by Gasteiger charge is -2.31. The molecule has 8 nitrogen and oxygen atoms in total. The molecule has 0 aromatic rings. The molecule has 2 atom stereocenters. The summed E-state index contributed by atoms with van der Waals surface area (Å²) >= 11 is 0. The van der Waals surface area contributed by atoms with Gasteiger partial charge < -0.3 is 23.8 Å². The summed E-state index contributed by atoms with van der Waals surface area (Å²) in [7, 11) is 5.51. The van der Waals surface area contributed by atoms with Crippen LogP contribution in [0.3, 0.4) is 0 Å². The van der Waals surface area contributed by atoms with Gasteiger partial charge in [0.15, 0.2) is 12.1 Å². The van der Waals surface area contributed by atoms with Crippen LogP contribution in [-0.4, -0.2) is 80.6 Å². The predicted molar refractivity (Wildman–Crippen MR) is 279 cm³/mol. The van der Waals surface area contributed by atoms with Crippen molar-refractivity contribution < 1.29 is 38.2 Å². The van der Waals surface area contributed by atoms with Gasteiger partial charge in [-0.25, -0.2) is 4.79 Å². The average molecular weight is 919 g/mol. The van der Waals surface area contributed by atoms with E-state index >= 15 is 0 Å². The summed E-state index contributed by atoms with van der Waals surface area (Å²) in [6, 6.07) is -0.632. The standard InChI is InChI=1S/C58H95NO7/c1-6-8-10-12-14-16-18-20-22-24-26-28-29-31-33-35-37-39-41-43-45-47-49-57(61)66-54(52-64-51-50-55(58(62)63)59(3,4)5)53-65-56(60)48-46-44-42-40-38-36-34-32-30-27-25-23-21-19-17-15-13-11-9-7-2/h9,11,14-17,20-23,26-28,30,34,36,40,42,54-55H,6-8,10,12-13,18-19,24-25,29,31-33,35,37-39,41,43-53H2,1-5H3/p+1/b11-9+,16-14+,17-15+,22-20+,23-21+,28-26+,30-27+,36-34+,42-40+. The maximum Gasteiger partial charge on any atom is 0.362 e. The Bertz CT molecular complexity index is 1440. The zero-order chi connectivity index (χ0) is 48.4. The van der Waals surface area contributed by atoms with Crippen molar-refractivity contribution in [3.63, 3.8) is 0 Å². The first-order valence-corrected chi connectivity index (χ1v) is 25.9. The first kappa shape index (κ1) is 62.0. The molecule has 0 radical (unpaired) electrons. The van der Waals surface area contributed by atoms with Crippen molar-refractivity contribution in [3.8, 4) is 0 Å². The number of ether oxygens (including phenoxy) is 3.